The summed E-state index contributed by atoms with van der Waals surface area (Å²) in [5, 5.41) is 1.79. The van der Waals surface area contributed by atoms with E-state index in [2.05, 4.69) is 9.97 Å². The standard InChI is InChI=1S/C25H19Cl3N4O5/c26-15-5-1-13(2-6-15)23(33)35-12-19-18(37-24(34)14-3-7-16(27)8-4-14)11-20(36-19)32-10-9-17-21(28)30-25(29)31-22(17)32/h1-10,18-20H,11-12H2,(H2,29,30,31)/t18-,19+,20+/m0/s1. The molecule has 9 nitrogen and oxygen atoms in total. The van der Waals surface area contributed by atoms with E-state index >= 15 is 0 Å². The van der Waals surface area contributed by atoms with Crippen molar-refractivity contribution in [1.29, 1.82) is 0 Å². The van der Waals surface area contributed by atoms with Gasteiger partial charge in [0.05, 0.1) is 16.5 Å². The molecule has 4 aromatic rings. The van der Waals surface area contributed by atoms with Crippen molar-refractivity contribution in [2.75, 3.05) is 12.3 Å². The third kappa shape index (κ3) is 5.50. The minimum absolute atomic E-state index is 0.00890. The van der Waals surface area contributed by atoms with Crippen LogP contribution in [0.5, 0.6) is 0 Å². The molecule has 0 bridgehead atoms. The zero-order chi connectivity index (χ0) is 26.1. The van der Waals surface area contributed by atoms with Gasteiger partial charge in [0.25, 0.3) is 0 Å². The molecule has 2 N–H and O–H groups in total. The second-order valence-corrected chi connectivity index (χ2v) is 9.48. The van der Waals surface area contributed by atoms with Gasteiger partial charge in [-0.25, -0.2) is 14.6 Å². The second-order valence-electron chi connectivity index (χ2n) is 8.25. The van der Waals surface area contributed by atoms with E-state index in [1.807, 2.05) is 0 Å². The smallest absolute Gasteiger partial charge is 0.338 e. The normalized spacial score (nSPS) is 19.2. The van der Waals surface area contributed by atoms with Crippen LogP contribution in [0.2, 0.25) is 15.2 Å². The molecule has 3 atom stereocenters. The molecule has 0 saturated carbocycles. The first-order valence-electron chi connectivity index (χ1n) is 11.1. The van der Waals surface area contributed by atoms with Gasteiger partial charge in [-0.2, -0.15) is 4.98 Å². The maximum atomic E-state index is 12.8. The predicted octanol–water partition coefficient (Wildman–Crippen LogP) is 5.34. The van der Waals surface area contributed by atoms with E-state index in [0.717, 1.165) is 0 Å². The second kappa shape index (κ2) is 10.5. The predicted molar refractivity (Wildman–Crippen MR) is 138 cm³/mol. The zero-order valence-corrected chi connectivity index (χ0v) is 21.3. The van der Waals surface area contributed by atoms with E-state index < -0.39 is 30.4 Å². The van der Waals surface area contributed by atoms with Crippen LogP contribution in [0.1, 0.15) is 33.4 Å². The number of hydrogen-bond donors (Lipinski definition) is 1. The van der Waals surface area contributed by atoms with Crippen LogP contribution in [-0.2, 0) is 14.2 Å². The Labute approximate surface area is 226 Å². The van der Waals surface area contributed by atoms with Crippen molar-refractivity contribution in [3.8, 4) is 0 Å². The molecular weight excluding hydrogens is 543 g/mol. The molecule has 2 aromatic heterocycles. The summed E-state index contributed by atoms with van der Waals surface area (Å²) in [6.07, 6.45) is -0.114. The van der Waals surface area contributed by atoms with Crippen LogP contribution in [0, 0.1) is 0 Å². The molecule has 1 aliphatic heterocycles. The van der Waals surface area contributed by atoms with Gasteiger partial charge in [-0.3, -0.25) is 0 Å². The van der Waals surface area contributed by atoms with Crippen LogP contribution >= 0.6 is 34.8 Å². The Morgan fingerprint density at radius 2 is 1.57 bits per heavy atom. The van der Waals surface area contributed by atoms with Crippen LogP contribution in [0.4, 0.5) is 5.95 Å². The molecule has 190 valence electrons. The lowest BCUT2D eigenvalue weighted by Gasteiger charge is -2.19. The number of aromatic nitrogens is 3. The van der Waals surface area contributed by atoms with Crippen molar-refractivity contribution in [3.05, 3.63) is 87.1 Å². The Morgan fingerprint density at radius 1 is 0.946 bits per heavy atom. The van der Waals surface area contributed by atoms with E-state index in [9.17, 15) is 9.59 Å². The third-order valence-corrected chi connectivity index (χ3v) is 6.62. The van der Waals surface area contributed by atoms with E-state index in [-0.39, 0.29) is 24.1 Å². The monoisotopic (exact) mass is 560 g/mol. The SMILES string of the molecule is Nc1nc(Cl)c2ccn([C@H]3C[C@H](OC(=O)c4ccc(Cl)cc4)[C@@H](COC(=O)c4ccc(Cl)cc4)O3)c2n1. The van der Waals surface area contributed by atoms with E-state index in [4.69, 9.17) is 54.7 Å². The highest BCUT2D eigenvalue weighted by atomic mass is 35.5. The number of fused-ring (bicyclic) bond motifs is 1. The number of nitrogens with two attached hydrogens (primary N) is 1. The lowest BCUT2D eigenvalue weighted by molar-refractivity contribution is -0.0562. The number of benzene rings is 2. The maximum Gasteiger partial charge on any atom is 0.338 e. The number of ether oxygens (including phenoxy) is 3. The number of hydrogen-bond acceptors (Lipinski definition) is 8. The average molecular weight is 562 g/mol. The van der Waals surface area contributed by atoms with Gasteiger partial charge in [0.2, 0.25) is 5.95 Å². The summed E-state index contributed by atoms with van der Waals surface area (Å²) in [5.74, 6) is -1.12. The Kier molecular flexibility index (Phi) is 7.21. The van der Waals surface area contributed by atoms with Gasteiger partial charge in [0, 0.05) is 22.7 Å². The van der Waals surface area contributed by atoms with Gasteiger partial charge >= 0.3 is 11.9 Å². The topological polar surface area (TPSA) is 119 Å². The van der Waals surface area contributed by atoms with Crippen LogP contribution in [0.25, 0.3) is 11.0 Å². The summed E-state index contributed by atoms with van der Waals surface area (Å²) in [4.78, 5) is 33.6. The molecule has 0 spiro atoms. The molecular formula is C25H19Cl3N4O5. The van der Waals surface area contributed by atoms with E-state index in [1.54, 1.807) is 65.4 Å². The lowest BCUT2D eigenvalue weighted by atomic mass is 10.1. The van der Waals surface area contributed by atoms with Crippen LogP contribution in [-0.4, -0.2) is 45.3 Å². The summed E-state index contributed by atoms with van der Waals surface area (Å²) >= 11 is 18.0. The number of rotatable bonds is 6. The molecule has 1 aliphatic rings. The van der Waals surface area contributed by atoms with Gasteiger partial charge in [-0.05, 0) is 54.6 Å². The van der Waals surface area contributed by atoms with Crippen molar-refractivity contribution in [1.82, 2.24) is 14.5 Å². The van der Waals surface area contributed by atoms with Gasteiger partial charge in [-0.15, -0.1) is 0 Å². The number of carbonyl (C=O) groups excluding carboxylic acids is 2. The first-order valence-corrected chi connectivity index (χ1v) is 12.3. The highest BCUT2D eigenvalue weighted by Gasteiger charge is 2.40. The number of nitrogen functional groups attached to an aromatic ring is 1. The fraction of sp³-hybridized carbons (Fsp3) is 0.200. The summed E-state index contributed by atoms with van der Waals surface area (Å²) in [6, 6.07) is 14.3. The highest BCUT2D eigenvalue weighted by molar-refractivity contribution is 6.34. The molecule has 0 aliphatic carbocycles. The van der Waals surface area contributed by atoms with Gasteiger partial charge < -0.3 is 24.5 Å². The first kappa shape index (κ1) is 25.3. The molecule has 5 rings (SSSR count). The number of esters is 2. The molecule has 0 radical (unpaired) electrons. The molecule has 2 aromatic carbocycles. The number of carbonyl (C=O) groups is 2. The molecule has 1 saturated heterocycles. The summed E-state index contributed by atoms with van der Waals surface area (Å²) in [6.45, 7) is -0.159. The van der Waals surface area contributed by atoms with Crippen molar-refractivity contribution in [2.24, 2.45) is 0 Å². The lowest BCUT2D eigenvalue weighted by Crippen LogP contribution is -2.32. The minimum atomic E-state index is -0.760. The number of nitrogens with zero attached hydrogens (tertiary/aromatic N) is 3. The fourth-order valence-corrected chi connectivity index (χ4v) is 4.49. The van der Waals surface area contributed by atoms with Crippen LogP contribution in [0.3, 0.4) is 0 Å². The van der Waals surface area contributed by atoms with Gasteiger partial charge in [-0.1, -0.05) is 34.8 Å². The highest BCUT2D eigenvalue weighted by Crippen LogP contribution is 2.35. The van der Waals surface area contributed by atoms with Crippen LogP contribution < -0.4 is 5.73 Å². The Morgan fingerprint density at radius 3 is 2.22 bits per heavy atom. The first-order chi connectivity index (χ1) is 17.8. The molecule has 12 heteroatoms. The van der Waals surface area contributed by atoms with Crippen molar-refractivity contribution in [3.63, 3.8) is 0 Å². The molecule has 3 heterocycles. The van der Waals surface area contributed by atoms with E-state index in [1.165, 1.54) is 0 Å². The maximum absolute atomic E-state index is 12.8. The Hall–Kier alpha value is -3.37. The van der Waals surface area contributed by atoms with Crippen molar-refractivity contribution < 1.29 is 23.8 Å². The summed E-state index contributed by atoms with van der Waals surface area (Å²) < 4.78 is 19.2. The quantitative estimate of drug-likeness (QED) is 0.247. The van der Waals surface area contributed by atoms with Crippen LogP contribution in [0.15, 0.2) is 60.8 Å². The van der Waals surface area contributed by atoms with Gasteiger partial charge in [0.1, 0.15) is 35.8 Å². The zero-order valence-electron chi connectivity index (χ0n) is 19.0. The van der Waals surface area contributed by atoms with Crippen molar-refractivity contribution in [2.45, 2.75) is 24.9 Å². The third-order valence-electron chi connectivity index (χ3n) is 5.83. The fourth-order valence-electron chi connectivity index (χ4n) is 4.01. The minimum Gasteiger partial charge on any atom is -0.459 e. The van der Waals surface area contributed by atoms with Gasteiger partial charge in [0.15, 0.2) is 0 Å². The molecule has 37 heavy (non-hydrogen) atoms. The summed E-state index contributed by atoms with van der Waals surface area (Å²) in [5.41, 5.74) is 6.90. The molecule has 1 fully saturated rings. The Bertz CT molecular complexity index is 1460. The van der Waals surface area contributed by atoms with Crippen molar-refractivity contribution >= 4 is 63.7 Å². The number of anilines is 1. The average Bonchev–Trinajstić information content (AvgIpc) is 3.47. The summed E-state index contributed by atoms with van der Waals surface area (Å²) in [7, 11) is 0. The van der Waals surface area contributed by atoms with E-state index in [0.29, 0.717) is 32.2 Å². The molecule has 0 amide bonds. The number of halogens is 3. The molecule has 0 unspecified atom stereocenters. The largest absolute Gasteiger partial charge is 0.459 e. The Balaban J connectivity index is 1.37.